The number of carbonyl (C=O) groups is 2. The second-order valence-corrected chi connectivity index (χ2v) is 5.24. The molecule has 1 aliphatic heterocycles. The van der Waals surface area contributed by atoms with Crippen molar-refractivity contribution in [2.75, 3.05) is 5.32 Å². The van der Waals surface area contributed by atoms with E-state index in [1.54, 1.807) is 0 Å². The largest absolute Gasteiger partial charge is 0.325 e. The molecule has 18 heavy (non-hydrogen) atoms. The molecule has 1 aromatic carbocycles. The number of benzene rings is 1. The van der Waals surface area contributed by atoms with Crippen molar-refractivity contribution < 1.29 is 14.0 Å². The minimum Gasteiger partial charge on any atom is -0.325 e. The molecule has 1 heterocycles. The quantitative estimate of drug-likeness (QED) is 0.786. The van der Waals surface area contributed by atoms with E-state index in [2.05, 4.69) is 5.32 Å². The number of Topliss-reactive ketones (excluding diaryl/α,β-unsaturated/α-hetero) is 1. The maximum atomic E-state index is 13.6. The SMILES string of the molecule is O=C1CCC2(CC1)C(=O)Nc1ccc(F)c(Cl)c12. The van der Waals surface area contributed by atoms with E-state index in [0.29, 0.717) is 36.9 Å². The molecule has 0 radical (unpaired) electrons. The highest BCUT2D eigenvalue weighted by molar-refractivity contribution is 6.33. The molecule has 0 bridgehead atoms. The van der Waals surface area contributed by atoms with Gasteiger partial charge >= 0.3 is 0 Å². The van der Waals surface area contributed by atoms with Crippen LogP contribution in [0.25, 0.3) is 0 Å². The van der Waals surface area contributed by atoms with Gasteiger partial charge in [-0.1, -0.05) is 11.6 Å². The third-order valence-corrected chi connectivity index (χ3v) is 4.29. The molecule has 1 saturated carbocycles. The molecule has 2 aliphatic rings. The van der Waals surface area contributed by atoms with Gasteiger partial charge in [0.15, 0.2) is 0 Å². The predicted octanol–water partition coefficient (Wildman–Crippen LogP) is 2.81. The number of amides is 1. The van der Waals surface area contributed by atoms with Crippen LogP contribution >= 0.6 is 11.6 Å². The molecule has 3 rings (SSSR count). The van der Waals surface area contributed by atoms with E-state index in [0.717, 1.165) is 0 Å². The molecular weight excluding hydrogens is 257 g/mol. The van der Waals surface area contributed by atoms with Gasteiger partial charge < -0.3 is 5.32 Å². The molecular formula is C13H11ClFNO2. The van der Waals surface area contributed by atoms with Crippen LogP contribution in [0.2, 0.25) is 5.02 Å². The van der Waals surface area contributed by atoms with Crippen LogP contribution in [-0.4, -0.2) is 11.7 Å². The van der Waals surface area contributed by atoms with Gasteiger partial charge in [-0.2, -0.15) is 0 Å². The lowest BCUT2D eigenvalue weighted by atomic mass is 9.70. The lowest BCUT2D eigenvalue weighted by Crippen LogP contribution is -2.38. The summed E-state index contributed by atoms with van der Waals surface area (Å²) in [7, 11) is 0. The van der Waals surface area contributed by atoms with Crippen molar-refractivity contribution in [3.05, 3.63) is 28.5 Å². The molecule has 0 atom stereocenters. The van der Waals surface area contributed by atoms with Crippen LogP contribution in [0.15, 0.2) is 12.1 Å². The summed E-state index contributed by atoms with van der Waals surface area (Å²) in [4.78, 5) is 23.5. The summed E-state index contributed by atoms with van der Waals surface area (Å²) in [5, 5.41) is 2.74. The zero-order valence-corrected chi connectivity index (χ0v) is 10.3. The fourth-order valence-corrected chi connectivity index (χ4v) is 3.26. The number of rotatable bonds is 0. The van der Waals surface area contributed by atoms with Crippen LogP contribution in [0, 0.1) is 5.82 Å². The Labute approximate surface area is 108 Å². The van der Waals surface area contributed by atoms with Crippen molar-refractivity contribution in [2.24, 2.45) is 0 Å². The summed E-state index contributed by atoms with van der Waals surface area (Å²) >= 11 is 6.01. The highest BCUT2D eigenvalue weighted by atomic mass is 35.5. The minimum absolute atomic E-state index is 0.000184. The van der Waals surface area contributed by atoms with E-state index in [1.807, 2.05) is 0 Å². The van der Waals surface area contributed by atoms with Gasteiger partial charge in [0.2, 0.25) is 5.91 Å². The highest BCUT2D eigenvalue weighted by Crippen LogP contribution is 2.50. The zero-order valence-electron chi connectivity index (χ0n) is 9.56. The first-order chi connectivity index (χ1) is 8.54. The second-order valence-electron chi connectivity index (χ2n) is 4.86. The number of carbonyl (C=O) groups excluding carboxylic acids is 2. The monoisotopic (exact) mass is 267 g/mol. The van der Waals surface area contributed by atoms with Crippen LogP contribution < -0.4 is 5.32 Å². The lowest BCUT2D eigenvalue weighted by Gasteiger charge is -2.31. The molecule has 1 spiro atoms. The fraction of sp³-hybridized carbons (Fsp3) is 0.385. The molecule has 94 valence electrons. The number of ketones is 1. The van der Waals surface area contributed by atoms with Crippen molar-refractivity contribution in [3.8, 4) is 0 Å². The van der Waals surface area contributed by atoms with Gasteiger partial charge in [-0.3, -0.25) is 9.59 Å². The van der Waals surface area contributed by atoms with Crippen LogP contribution in [0.3, 0.4) is 0 Å². The lowest BCUT2D eigenvalue weighted by molar-refractivity contribution is -0.126. The van der Waals surface area contributed by atoms with Crippen molar-refractivity contribution >= 4 is 29.0 Å². The normalized spacial score (nSPS) is 21.0. The van der Waals surface area contributed by atoms with E-state index < -0.39 is 11.2 Å². The first-order valence-corrected chi connectivity index (χ1v) is 6.24. The summed E-state index contributed by atoms with van der Waals surface area (Å²) in [6.07, 6.45) is 1.51. The Morgan fingerprint density at radius 2 is 1.89 bits per heavy atom. The standard InChI is InChI=1S/C13H11ClFNO2/c14-11-8(15)1-2-9-10(11)13(12(18)16-9)5-3-7(17)4-6-13/h1-2H,3-6H2,(H,16,18). The molecule has 1 aliphatic carbocycles. The predicted molar refractivity (Wildman–Crippen MR) is 65.2 cm³/mol. The second kappa shape index (κ2) is 3.79. The summed E-state index contributed by atoms with van der Waals surface area (Å²) in [6, 6.07) is 2.77. The minimum atomic E-state index is -0.817. The number of halogens is 2. The van der Waals surface area contributed by atoms with Crippen LogP contribution in [-0.2, 0) is 15.0 Å². The first-order valence-electron chi connectivity index (χ1n) is 5.86. The van der Waals surface area contributed by atoms with Gasteiger partial charge in [-0.25, -0.2) is 4.39 Å². The highest BCUT2D eigenvalue weighted by Gasteiger charge is 2.50. The number of anilines is 1. The summed E-state index contributed by atoms with van der Waals surface area (Å²) in [5.41, 5.74) is 0.282. The molecule has 1 fully saturated rings. The average Bonchev–Trinajstić information content (AvgIpc) is 2.62. The molecule has 1 aromatic rings. The topological polar surface area (TPSA) is 46.2 Å². The Morgan fingerprint density at radius 3 is 2.56 bits per heavy atom. The molecule has 3 nitrogen and oxygen atoms in total. The van der Waals surface area contributed by atoms with Gasteiger partial charge in [0, 0.05) is 24.1 Å². The zero-order chi connectivity index (χ0) is 12.9. The summed E-state index contributed by atoms with van der Waals surface area (Å²) in [6.45, 7) is 0. The Kier molecular flexibility index (Phi) is 2.45. The van der Waals surface area contributed by atoms with Crippen molar-refractivity contribution in [3.63, 3.8) is 0 Å². The smallest absolute Gasteiger partial charge is 0.235 e. The van der Waals surface area contributed by atoms with E-state index in [1.165, 1.54) is 12.1 Å². The van der Waals surface area contributed by atoms with Crippen LogP contribution in [0.4, 0.5) is 10.1 Å². The Morgan fingerprint density at radius 1 is 1.22 bits per heavy atom. The molecule has 1 N–H and O–H groups in total. The fourth-order valence-electron chi connectivity index (χ4n) is 2.91. The number of fused-ring (bicyclic) bond motifs is 2. The van der Waals surface area contributed by atoms with E-state index in [9.17, 15) is 14.0 Å². The van der Waals surface area contributed by atoms with Crippen molar-refractivity contribution in [1.29, 1.82) is 0 Å². The van der Waals surface area contributed by atoms with E-state index in [-0.39, 0.29) is 16.7 Å². The van der Waals surface area contributed by atoms with Gasteiger partial charge in [-0.05, 0) is 25.0 Å². The average molecular weight is 268 g/mol. The molecule has 5 heteroatoms. The number of nitrogens with one attached hydrogen (secondary N) is 1. The van der Waals surface area contributed by atoms with Gasteiger partial charge in [0.05, 0.1) is 10.4 Å². The maximum Gasteiger partial charge on any atom is 0.235 e. The van der Waals surface area contributed by atoms with Crippen molar-refractivity contribution in [2.45, 2.75) is 31.1 Å². The maximum absolute atomic E-state index is 13.6. The molecule has 0 aromatic heterocycles. The first kappa shape index (κ1) is 11.7. The summed E-state index contributed by atoms with van der Waals surface area (Å²) < 4.78 is 13.6. The summed E-state index contributed by atoms with van der Waals surface area (Å²) in [5.74, 6) is -0.546. The molecule has 0 saturated heterocycles. The third kappa shape index (κ3) is 1.42. The van der Waals surface area contributed by atoms with Gasteiger partial charge in [0.1, 0.15) is 11.6 Å². The third-order valence-electron chi connectivity index (χ3n) is 3.92. The Balaban J connectivity index is 2.16. The number of hydrogen-bond donors (Lipinski definition) is 1. The van der Waals surface area contributed by atoms with Crippen molar-refractivity contribution in [1.82, 2.24) is 0 Å². The van der Waals surface area contributed by atoms with E-state index >= 15 is 0 Å². The molecule has 0 unspecified atom stereocenters. The van der Waals surface area contributed by atoms with E-state index in [4.69, 9.17) is 11.6 Å². The Hall–Kier alpha value is -1.42. The Bertz CT molecular complexity index is 560. The number of hydrogen-bond acceptors (Lipinski definition) is 2. The molecule has 1 amide bonds. The van der Waals surface area contributed by atoms with Gasteiger partial charge in [0.25, 0.3) is 0 Å². The van der Waals surface area contributed by atoms with Crippen LogP contribution in [0.5, 0.6) is 0 Å². The van der Waals surface area contributed by atoms with Crippen LogP contribution in [0.1, 0.15) is 31.2 Å². The van der Waals surface area contributed by atoms with Gasteiger partial charge in [-0.15, -0.1) is 0 Å².